The van der Waals surface area contributed by atoms with E-state index >= 15 is 0 Å². The number of benzene rings is 1. The van der Waals surface area contributed by atoms with Crippen LogP contribution in [-0.2, 0) is 6.42 Å². The summed E-state index contributed by atoms with van der Waals surface area (Å²) in [5, 5.41) is 10.8. The standard InChI is InChI=1S/C18H17N3OS/c1-2-6-14(7-3-1)12-17-19-20-18(23-17)21-10-4-8-15(13-21)16-9-5-11-22-16/h1-3,5-9,11H,4,10,12-13H2. The predicted octanol–water partition coefficient (Wildman–Crippen LogP) is 4.02. The van der Waals surface area contributed by atoms with Gasteiger partial charge in [0.2, 0.25) is 5.13 Å². The number of rotatable bonds is 4. The number of hydrogen-bond donors (Lipinski definition) is 0. The quantitative estimate of drug-likeness (QED) is 0.727. The van der Waals surface area contributed by atoms with Gasteiger partial charge in [-0.25, -0.2) is 0 Å². The first-order chi connectivity index (χ1) is 11.4. The van der Waals surface area contributed by atoms with E-state index in [0.29, 0.717) is 0 Å². The van der Waals surface area contributed by atoms with Gasteiger partial charge in [-0.05, 0) is 24.1 Å². The Bertz CT molecular complexity index is 793. The fraction of sp³-hybridized carbons (Fsp3) is 0.222. The zero-order chi connectivity index (χ0) is 15.5. The van der Waals surface area contributed by atoms with E-state index in [1.165, 1.54) is 11.1 Å². The van der Waals surface area contributed by atoms with Crippen LogP contribution in [0.4, 0.5) is 5.13 Å². The van der Waals surface area contributed by atoms with Crippen LogP contribution in [-0.4, -0.2) is 23.3 Å². The Hall–Kier alpha value is -2.40. The molecule has 1 aliphatic rings. The lowest BCUT2D eigenvalue weighted by Crippen LogP contribution is -2.29. The monoisotopic (exact) mass is 323 g/mol. The number of hydrogen-bond acceptors (Lipinski definition) is 5. The Morgan fingerprint density at radius 3 is 2.83 bits per heavy atom. The number of aromatic nitrogens is 2. The van der Waals surface area contributed by atoms with Crippen LogP contribution in [0.25, 0.3) is 5.57 Å². The van der Waals surface area contributed by atoms with Gasteiger partial charge in [0.1, 0.15) is 10.8 Å². The normalized spacial score (nSPS) is 14.8. The molecule has 116 valence electrons. The molecule has 4 rings (SSSR count). The van der Waals surface area contributed by atoms with Crippen LogP contribution in [0.15, 0.2) is 59.2 Å². The maximum Gasteiger partial charge on any atom is 0.208 e. The highest BCUT2D eigenvalue weighted by Gasteiger charge is 2.19. The molecule has 4 nitrogen and oxygen atoms in total. The molecular weight excluding hydrogens is 306 g/mol. The molecule has 0 amide bonds. The van der Waals surface area contributed by atoms with E-state index in [0.717, 1.165) is 41.8 Å². The first kappa shape index (κ1) is 14.2. The highest BCUT2D eigenvalue weighted by atomic mass is 32.1. The van der Waals surface area contributed by atoms with Gasteiger partial charge >= 0.3 is 0 Å². The van der Waals surface area contributed by atoms with Crippen molar-refractivity contribution in [3.63, 3.8) is 0 Å². The van der Waals surface area contributed by atoms with Crippen LogP contribution in [0.2, 0.25) is 0 Å². The van der Waals surface area contributed by atoms with Gasteiger partial charge in [-0.2, -0.15) is 0 Å². The average molecular weight is 323 g/mol. The summed E-state index contributed by atoms with van der Waals surface area (Å²) in [5.41, 5.74) is 2.49. The second kappa shape index (κ2) is 6.38. The molecule has 0 saturated carbocycles. The van der Waals surface area contributed by atoms with E-state index in [1.807, 2.05) is 18.2 Å². The molecule has 0 radical (unpaired) electrons. The minimum Gasteiger partial charge on any atom is -0.465 e. The van der Waals surface area contributed by atoms with Crippen LogP contribution < -0.4 is 4.90 Å². The molecule has 0 fully saturated rings. The molecule has 3 heterocycles. The largest absolute Gasteiger partial charge is 0.465 e. The van der Waals surface area contributed by atoms with Crippen molar-refractivity contribution in [1.29, 1.82) is 0 Å². The van der Waals surface area contributed by atoms with Gasteiger partial charge in [0.25, 0.3) is 0 Å². The summed E-state index contributed by atoms with van der Waals surface area (Å²) >= 11 is 1.68. The van der Waals surface area contributed by atoms with Gasteiger partial charge in [-0.1, -0.05) is 47.7 Å². The first-order valence-electron chi connectivity index (χ1n) is 7.72. The Balaban J connectivity index is 1.48. The van der Waals surface area contributed by atoms with Gasteiger partial charge in [0.15, 0.2) is 0 Å². The van der Waals surface area contributed by atoms with Crippen molar-refractivity contribution >= 4 is 22.0 Å². The smallest absolute Gasteiger partial charge is 0.208 e. The fourth-order valence-electron chi connectivity index (χ4n) is 2.76. The van der Waals surface area contributed by atoms with Crippen molar-refractivity contribution in [2.45, 2.75) is 12.8 Å². The van der Waals surface area contributed by atoms with Crippen molar-refractivity contribution < 1.29 is 4.42 Å². The molecule has 0 spiro atoms. The zero-order valence-electron chi connectivity index (χ0n) is 12.7. The van der Waals surface area contributed by atoms with Gasteiger partial charge < -0.3 is 9.32 Å². The van der Waals surface area contributed by atoms with Crippen molar-refractivity contribution in [3.05, 3.63) is 71.1 Å². The topological polar surface area (TPSA) is 42.2 Å². The molecule has 0 saturated heterocycles. The zero-order valence-corrected chi connectivity index (χ0v) is 13.5. The average Bonchev–Trinajstić information content (AvgIpc) is 3.28. The Morgan fingerprint density at radius 2 is 2.00 bits per heavy atom. The van der Waals surface area contributed by atoms with Crippen molar-refractivity contribution in [2.75, 3.05) is 18.0 Å². The Morgan fingerprint density at radius 1 is 1.09 bits per heavy atom. The summed E-state index contributed by atoms with van der Waals surface area (Å²) in [6, 6.07) is 14.3. The van der Waals surface area contributed by atoms with E-state index in [1.54, 1.807) is 17.6 Å². The van der Waals surface area contributed by atoms with Gasteiger partial charge in [-0.3, -0.25) is 0 Å². The molecule has 1 aromatic carbocycles. The Labute approximate surface area is 139 Å². The summed E-state index contributed by atoms with van der Waals surface area (Å²) in [6.07, 6.45) is 5.82. The van der Waals surface area contributed by atoms with Crippen molar-refractivity contribution in [3.8, 4) is 0 Å². The van der Waals surface area contributed by atoms with E-state index in [9.17, 15) is 0 Å². The number of nitrogens with zero attached hydrogens (tertiary/aromatic N) is 3. The Kier molecular flexibility index (Phi) is 3.94. The lowest BCUT2D eigenvalue weighted by Gasteiger charge is -2.25. The maximum atomic E-state index is 5.51. The molecule has 0 atom stereocenters. The first-order valence-corrected chi connectivity index (χ1v) is 8.54. The minimum absolute atomic E-state index is 0.827. The summed E-state index contributed by atoms with van der Waals surface area (Å²) in [4.78, 5) is 2.28. The SMILES string of the molecule is C1=C(c2ccco2)CN(c2nnc(Cc3ccccc3)s2)CC1. The van der Waals surface area contributed by atoms with Gasteiger partial charge in [0.05, 0.1) is 6.26 Å². The van der Waals surface area contributed by atoms with Crippen LogP contribution in [0.5, 0.6) is 0 Å². The summed E-state index contributed by atoms with van der Waals surface area (Å²) in [6.45, 7) is 1.80. The van der Waals surface area contributed by atoms with Gasteiger partial charge in [-0.15, -0.1) is 10.2 Å². The number of furan rings is 1. The minimum atomic E-state index is 0.827. The van der Waals surface area contributed by atoms with Crippen LogP contribution in [0, 0.1) is 0 Å². The van der Waals surface area contributed by atoms with E-state index in [2.05, 4.69) is 45.4 Å². The third-order valence-electron chi connectivity index (χ3n) is 3.91. The lowest BCUT2D eigenvalue weighted by atomic mass is 10.1. The molecule has 1 aliphatic heterocycles. The van der Waals surface area contributed by atoms with Crippen LogP contribution >= 0.6 is 11.3 Å². The van der Waals surface area contributed by atoms with E-state index in [4.69, 9.17) is 4.42 Å². The predicted molar refractivity (Wildman–Crippen MR) is 92.7 cm³/mol. The van der Waals surface area contributed by atoms with Crippen LogP contribution in [0.3, 0.4) is 0 Å². The molecular formula is C18H17N3OS. The van der Waals surface area contributed by atoms with E-state index in [-0.39, 0.29) is 0 Å². The second-order valence-electron chi connectivity index (χ2n) is 5.56. The summed E-state index contributed by atoms with van der Waals surface area (Å²) in [5.74, 6) is 0.948. The third kappa shape index (κ3) is 3.19. The fourth-order valence-corrected chi connectivity index (χ4v) is 3.66. The molecule has 0 unspecified atom stereocenters. The maximum absolute atomic E-state index is 5.51. The molecule has 0 bridgehead atoms. The highest BCUT2D eigenvalue weighted by molar-refractivity contribution is 7.15. The van der Waals surface area contributed by atoms with Gasteiger partial charge in [0, 0.05) is 25.1 Å². The van der Waals surface area contributed by atoms with E-state index < -0.39 is 0 Å². The third-order valence-corrected chi connectivity index (χ3v) is 4.90. The molecule has 23 heavy (non-hydrogen) atoms. The lowest BCUT2D eigenvalue weighted by molar-refractivity contribution is 0.549. The summed E-state index contributed by atoms with van der Waals surface area (Å²) < 4.78 is 5.51. The molecule has 2 aromatic heterocycles. The van der Waals surface area contributed by atoms with Crippen LogP contribution in [0.1, 0.15) is 22.8 Å². The van der Waals surface area contributed by atoms with Crippen molar-refractivity contribution in [2.24, 2.45) is 0 Å². The molecule has 0 aliphatic carbocycles. The highest BCUT2D eigenvalue weighted by Crippen LogP contribution is 2.28. The van der Waals surface area contributed by atoms with Crippen molar-refractivity contribution in [1.82, 2.24) is 10.2 Å². The summed E-state index contributed by atoms with van der Waals surface area (Å²) in [7, 11) is 0. The molecule has 3 aromatic rings. The molecule has 5 heteroatoms. The second-order valence-corrected chi connectivity index (χ2v) is 6.60. The number of anilines is 1. The molecule has 0 N–H and O–H groups in total.